The Morgan fingerprint density at radius 3 is 2.71 bits per heavy atom. The van der Waals surface area contributed by atoms with Crippen LogP contribution in [0.25, 0.3) is 0 Å². The van der Waals surface area contributed by atoms with Gasteiger partial charge in [-0.05, 0) is 12.8 Å². The Labute approximate surface area is 101 Å². The number of hydrogen-bond donors (Lipinski definition) is 1. The Balaban J connectivity index is 1.92. The Morgan fingerprint density at radius 2 is 2.12 bits per heavy atom. The average molecular weight is 238 g/mol. The normalized spacial score (nSPS) is 47.2. The molecule has 2 aliphatic carbocycles. The first-order valence-corrected chi connectivity index (χ1v) is 6.16. The van der Waals surface area contributed by atoms with Gasteiger partial charge in [-0.25, -0.2) is 0 Å². The molecule has 2 saturated carbocycles. The molecule has 4 atom stereocenters. The van der Waals surface area contributed by atoms with E-state index >= 15 is 0 Å². The van der Waals surface area contributed by atoms with Gasteiger partial charge in [-0.15, -0.1) is 12.3 Å². The average Bonchev–Trinajstić information content (AvgIpc) is 2.81. The topological polar surface area (TPSA) is 47.9 Å². The lowest BCUT2D eigenvalue weighted by Gasteiger charge is -2.63. The highest BCUT2D eigenvalue weighted by Gasteiger charge is 2.73. The fourth-order valence-corrected chi connectivity index (χ4v) is 3.83. The molecule has 94 valence electrons. The third kappa shape index (κ3) is 1.23. The molecule has 0 aromatic carbocycles. The van der Waals surface area contributed by atoms with Gasteiger partial charge in [0.15, 0.2) is 5.79 Å². The Bertz CT molecular complexity index is 355. The summed E-state index contributed by atoms with van der Waals surface area (Å²) in [6.45, 7) is 1.22. The third-order valence-corrected chi connectivity index (χ3v) is 4.70. The van der Waals surface area contributed by atoms with E-state index in [9.17, 15) is 5.11 Å². The van der Waals surface area contributed by atoms with Crippen LogP contribution in [0.15, 0.2) is 0 Å². The van der Waals surface area contributed by atoms with E-state index in [4.69, 9.17) is 20.6 Å². The van der Waals surface area contributed by atoms with Crippen molar-refractivity contribution in [3.05, 3.63) is 0 Å². The second kappa shape index (κ2) is 3.69. The highest BCUT2D eigenvalue weighted by molar-refractivity contribution is 5.22. The molecule has 1 spiro atoms. The summed E-state index contributed by atoms with van der Waals surface area (Å²) >= 11 is 0. The van der Waals surface area contributed by atoms with E-state index in [0.29, 0.717) is 19.6 Å². The molecule has 4 heteroatoms. The molecule has 0 bridgehead atoms. The molecule has 0 aromatic heterocycles. The number of ether oxygens (including phenoxy) is 3. The summed E-state index contributed by atoms with van der Waals surface area (Å²) in [5.41, 5.74) is -0.459. The minimum atomic E-state index is -0.609. The molecule has 3 rings (SSSR count). The highest BCUT2D eigenvalue weighted by Crippen LogP contribution is 2.62. The van der Waals surface area contributed by atoms with E-state index in [-0.39, 0.29) is 11.8 Å². The summed E-state index contributed by atoms with van der Waals surface area (Å²) in [6.07, 6.45) is 7.23. The zero-order valence-corrected chi connectivity index (χ0v) is 10.0. The molecule has 1 heterocycles. The van der Waals surface area contributed by atoms with Gasteiger partial charge in [0, 0.05) is 19.4 Å². The Morgan fingerprint density at radius 1 is 1.41 bits per heavy atom. The molecule has 17 heavy (non-hydrogen) atoms. The van der Waals surface area contributed by atoms with Crippen LogP contribution in [0.5, 0.6) is 0 Å². The van der Waals surface area contributed by atoms with Crippen LogP contribution < -0.4 is 0 Å². The summed E-state index contributed by atoms with van der Waals surface area (Å²) in [5.74, 6) is 2.09. The van der Waals surface area contributed by atoms with Crippen molar-refractivity contribution >= 4 is 0 Å². The van der Waals surface area contributed by atoms with Crippen LogP contribution in [-0.4, -0.2) is 42.9 Å². The Hall–Kier alpha value is -0.600. The molecule has 3 fully saturated rings. The van der Waals surface area contributed by atoms with Gasteiger partial charge >= 0.3 is 0 Å². The minimum absolute atomic E-state index is 0.138. The van der Waals surface area contributed by atoms with Gasteiger partial charge in [0.05, 0.1) is 25.2 Å². The van der Waals surface area contributed by atoms with Crippen molar-refractivity contribution in [1.82, 2.24) is 0 Å². The van der Waals surface area contributed by atoms with Crippen LogP contribution in [0.4, 0.5) is 0 Å². The van der Waals surface area contributed by atoms with Crippen LogP contribution in [0, 0.1) is 24.2 Å². The van der Waals surface area contributed by atoms with E-state index in [1.807, 2.05) is 0 Å². The molecule has 0 amide bonds. The minimum Gasteiger partial charge on any atom is -0.392 e. The largest absolute Gasteiger partial charge is 0.392 e. The lowest BCUT2D eigenvalue weighted by Crippen LogP contribution is -2.74. The lowest BCUT2D eigenvalue weighted by atomic mass is 9.52. The van der Waals surface area contributed by atoms with Crippen molar-refractivity contribution in [3.63, 3.8) is 0 Å². The highest BCUT2D eigenvalue weighted by atomic mass is 16.8. The number of terminal acetylenes is 1. The van der Waals surface area contributed by atoms with Crippen molar-refractivity contribution in [1.29, 1.82) is 0 Å². The standard InChI is InChI=1S/C13H18O4/c1-3-9-10-8-13(16-6-7-17-13)12(10,15-2)5-4-11(9)14/h1,9-11,14H,4-8H2,2H3/t9-,10-,11-,12-/m0/s1. The van der Waals surface area contributed by atoms with E-state index in [2.05, 4.69) is 5.92 Å². The molecular formula is C13H18O4. The van der Waals surface area contributed by atoms with Crippen molar-refractivity contribution in [2.45, 2.75) is 36.8 Å². The summed E-state index contributed by atoms with van der Waals surface area (Å²) in [7, 11) is 1.68. The summed E-state index contributed by atoms with van der Waals surface area (Å²) in [4.78, 5) is 0. The molecular weight excluding hydrogens is 220 g/mol. The first-order chi connectivity index (χ1) is 8.19. The van der Waals surface area contributed by atoms with Gasteiger partial charge in [0.25, 0.3) is 0 Å². The molecule has 4 nitrogen and oxygen atoms in total. The van der Waals surface area contributed by atoms with Crippen LogP contribution in [0.3, 0.4) is 0 Å². The maximum Gasteiger partial charge on any atom is 0.198 e. The summed E-state index contributed by atoms with van der Waals surface area (Å²) in [5, 5.41) is 9.95. The van der Waals surface area contributed by atoms with Crippen molar-refractivity contribution in [2.24, 2.45) is 11.8 Å². The van der Waals surface area contributed by atoms with Crippen molar-refractivity contribution < 1.29 is 19.3 Å². The van der Waals surface area contributed by atoms with E-state index in [1.165, 1.54) is 0 Å². The number of aliphatic hydroxyl groups excluding tert-OH is 1. The van der Waals surface area contributed by atoms with Crippen LogP contribution >= 0.6 is 0 Å². The van der Waals surface area contributed by atoms with Gasteiger partial charge in [0.1, 0.15) is 5.60 Å². The fraction of sp³-hybridized carbons (Fsp3) is 0.846. The van der Waals surface area contributed by atoms with Crippen LogP contribution in [0.1, 0.15) is 19.3 Å². The second-order valence-electron chi connectivity index (χ2n) is 5.15. The number of fused-ring (bicyclic) bond motifs is 2. The maximum absolute atomic E-state index is 9.95. The predicted octanol–water partition coefficient (Wildman–Crippen LogP) is 0.539. The zero-order chi connectivity index (χ0) is 12.1. The summed E-state index contributed by atoms with van der Waals surface area (Å²) in [6, 6.07) is 0. The van der Waals surface area contributed by atoms with Gasteiger partial charge in [0.2, 0.25) is 0 Å². The number of aliphatic hydroxyl groups is 1. The van der Waals surface area contributed by atoms with Gasteiger partial charge in [-0.1, -0.05) is 0 Å². The van der Waals surface area contributed by atoms with Crippen LogP contribution in [-0.2, 0) is 14.2 Å². The third-order valence-electron chi connectivity index (χ3n) is 4.70. The lowest BCUT2D eigenvalue weighted by molar-refractivity contribution is -0.381. The zero-order valence-electron chi connectivity index (χ0n) is 10.0. The molecule has 0 unspecified atom stereocenters. The molecule has 0 radical (unpaired) electrons. The molecule has 1 N–H and O–H groups in total. The van der Waals surface area contributed by atoms with Gasteiger partial charge in [-0.3, -0.25) is 0 Å². The number of rotatable bonds is 1. The first kappa shape index (κ1) is 11.5. The monoisotopic (exact) mass is 238 g/mol. The second-order valence-corrected chi connectivity index (χ2v) is 5.15. The quantitative estimate of drug-likeness (QED) is 0.677. The van der Waals surface area contributed by atoms with E-state index < -0.39 is 17.5 Å². The SMILES string of the molecule is C#C[C@@H]1[C@@H](O)CC[C@]2(OC)[C@H]1CC21OCCO1. The van der Waals surface area contributed by atoms with E-state index in [1.54, 1.807) is 7.11 Å². The molecule has 1 aliphatic heterocycles. The Kier molecular flexibility index (Phi) is 2.50. The smallest absolute Gasteiger partial charge is 0.198 e. The summed E-state index contributed by atoms with van der Waals surface area (Å²) < 4.78 is 17.3. The van der Waals surface area contributed by atoms with Crippen molar-refractivity contribution in [3.8, 4) is 12.3 Å². The number of hydrogen-bond acceptors (Lipinski definition) is 4. The predicted molar refractivity (Wildman–Crippen MR) is 60.0 cm³/mol. The van der Waals surface area contributed by atoms with Crippen LogP contribution in [0.2, 0.25) is 0 Å². The fourth-order valence-electron chi connectivity index (χ4n) is 3.83. The number of methoxy groups -OCH3 is 1. The van der Waals surface area contributed by atoms with Gasteiger partial charge < -0.3 is 19.3 Å². The van der Waals surface area contributed by atoms with E-state index in [0.717, 1.165) is 12.8 Å². The van der Waals surface area contributed by atoms with Gasteiger partial charge in [-0.2, -0.15) is 0 Å². The molecule has 3 aliphatic rings. The first-order valence-electron chi connectivity index (χ1n) is 6.16. The molecule has 0 aromatic rings. The maximum atomic E-state index is 9.95. The van der Waals surface area contributed by atoms with Crippen molar-refractivity contribution in [2.75, 3.05) is 20.3 Å². The molecule has 1 saturated heterocycles.